The van der Waals surface area contributed by atoms with E-state index in [0.29, 0.717) is 16.7 Å². The Morgan fingerprint density at radius 1 is 0.917 bits per heavy atom. The van der Waals surface area contributed by atoms with Crippen molar-refractivity contribution in [2.45, 2.75) is 56.1 Å². The van der Waals surface area contributed by atoms with E-state index in [9.17, 15) is 21.6 Å². The first-order valence-electron chi connectivity index (χ1n) is 11.6. The molecular formula is C27H30N2O5S2. The van der Waals surface area contributed by atoms with Crippen molar-refractivity contribution in [1.29, 1.82) is 0 Å². The number of hydrogen-bond donors (Lipinski definition) is 1. The summed E-state index contributed by atoms with van der Waals surface area (Å²) in [5, 5.41) is 2.83. The van der Waals surface area contributed by atoms with Gasteiger partial charge in [-0.25, -0.2) is 16.8 Å². The summed E-state index contributed by atoms with van der Waals surface area (Å²) in [4.78, 5) is 13.8. The molecule has 0 fully saturated rings. The highest BCUT2D eigenvalue weighted by molar-refractivity contribution is 7.90. The number of nitrogens with one attached hydrogen (secondary N) is 1. The van der Waals surface area contributed by atoms with Crippen LogP contribution in [-0.2, 0) is 44.2 Å². The zero-order valence-corrected chi connectivity index (χ0v) is 22.4. The van der Waals surface area contributed by atoms with Crippen molar-refractivity contribution in [3.05, 3.63) is 94.0 Å². The van der Waals surface area contributed by atoms with Crippen molar-refractivity contribution in [2.75, 3.05) is 6.26 Å². The molecule has 190 valence electrons. The molecule has 1 aliphatic rings. The van der Waals surface area contributed by atoms with Crippen molar-refractivity contribution in [2.24, 2.45) is 0 Å². The maximum Gasteiger partial charge on any atom is 0.244 e. The fourth-order valence-corrected chi connectivity index (χ4v) is 7.53. The summed E-state index contributed by atoms with van der Waals surface area (Å²) >= 11 is 0. The van der Waals surface area contributed by atoms with E-state index in [1.807, 2.05) is 43.3 Å². The van der Waals surface area contributed by atoms with Crippen molar-refractivity contribution in [3.63, 3.8) is 0 Å². The zero-order chi connectivity index (χ0) is 26.3. The number of sulfone groups is 1. The van der Waals surface area contributed by atoms with Crippen LogP contribution in [-0.4, -0.2) is 39.3 Å². The number of rotatable bonds is 6. The van der Waals surface area contributed by atoms with E-state index in [0.717, 1.165) is 22.9 Å². The molecule has 7 nitrogen and oxygen atoms in total. The van der Waals surface area contributed by atoms with E-state index < -0.39 is 31.8 Å². The van der Waals surface area contributed by atoms with Gasteiger partial charge in [-0.1, -0.05) is 54.1 Å². The Bertz CT molecular complexity index is 1520. The number of carbonyl (C=O) groups excluding carboxylic acids is 1. The lowest BCUT2D eigenvalue weighted by Gasteiger charge is -2.35. The number of benzene rings is 3. The van der Waals surface area contributed by atoms with Gasteiger partial charge in [-0.05, 0) is 67.1 Å². The number of amides is 1. The van der Waals surface area contributed by atoms with Gasteiger partial charge < -0.3 is 5.32 Å². The average molecular weight is 527 g/mol. The van der Waals surface area contributed by atoms with Crippen LogP contribution in [0.3, 0.4) is 0 Å². The molecule has 3 aromatic carbocycles. The van der Waals surface area contributed by atoms with Crippen molar-refractivity contribution >= 4 is 25.8 Å². The minimum absolute atomic E-state index is 0.0802. The summed E-state index contributed by atoms with van der Waals surface area (Å²) in [6.07, 6.45) is 1.37. The molecule has 0 aliphatic carbocycles. The molecule has 4 rings (SSSR count). The molecule has 1 aliphatic heterocycles. The fourth-order valence-electron chi connectivity index (χ4n) is 4.86. The number of hydrogen-bond acceptors (Lipinski definition) is 5. The molecule has 0 bridgehead atoms. The zero-order valence-electron chi connectivity index (χ0n) is 20.8. The average Bonchev–Trinajstić information content (AvgIpc) is 2.80. The van der Waals surface area contributed by atoms with Crippen LogP contribution in [0.4, 0.5) is 0 Å². The SMILES string of the molecule is Cc1cc(C)c(S(=O)(=O)N2Cc3ccccc3CC2C(=O)NCc2cccc(S(C)(=O)=O)c2)c(C)c1. The van der Waals surface area contributed by atoms with Crippen LogP contribution in [0, 0.1) is 20.8 Å². The van der Waals surface area contributed by atoms with Crippen LogP contribution in [0.15, 0.2) is 70.5 Å². The lowest BCUT2D eigenvalue weighted by molar-refractivity contribution is -0.125. The molecule has 0 radical (unpaired) electrons. The third-order valence-corrected chi connectivity index (χ3v) is 9.74. The van der Waals surface area contributed by atoms with E-state index >= 15 is 0 Å². The van der Waals surface area contributed by atoms with Gasteiger partial charge in [0, 0.05) is 19.3 Å². The van der Waals surface area contributed by atoms with Gasteiger partial charge in [0.2, 0.25) is 15.9 Å². The Balaban J connectivity index is 1.68. The summed E-state index contributed by atoms with van der Waals surface area (Å²) in [5.74, 6) is -0.430. The summed E-state index contributed by atoms with van der Waals surface area (Å²) in [6.45, 7) is 5.63. The van der Waals surface area contributed by atoms with Crippen LogP contribution in [0.2, 0.25) is 0 Å². The van der Waals surface area contributed by atoms with Crippen molar-refractivity contribution in [1.82, 2.24) is 9.62 Å². The summed E-state index contributed by atoms with van der Waals surface area (Å²) < 4.78 is 53.0. The first-order chi connectivity index (χ1) is 16.9. The smallest absolute Gasteiger partial charge is 0.244 e. The van der Waals surface area contributed by atoms with Crippen molar-refractivity contribution in [3.8, 4) is 0 Å². The molecule has 1 atom stereocenters. The van der Waals surface area contributed by atoms with Crippen LogP contribution in [0.25, 0.3) is 0 Å². The summed E-state index contributed by atoms with van der Waals surface area (Å²) in [5.41, 5.74) is 4.67. The molecule has 3 aromatic rings. The maximum atomic E-state index is 14.0. The second-order valence-electron chi connectivity index (χ2n) is 9.40. The van der Waals surface area contributed by atoms with Gasteiger partial charge >= 0.3 is 0 Å². The van der Waals surface area contributed by atoms with Gasteiger partial charge in [-0.2, -0.15) is 4.31 Å². The normalized spacial score (nSPS) is 16.4. The van der Waals surface area contributed by atoms with E-state index in [4.69, 9.17) is 0 Å². The Hall–Kier alpha value is -3.01. The Labute approximate surface area is 213 Å². The lowest BCUT2D eigenvalue weighted by Crippen LogP contribution is -2.52. The minimum Gasteiger partial charge on any atom is -0.351 e. The number of aryl methyl sites for hydroxylation is 3. The predicted molar refractivity (Wildman–Crippen MR) is 139 cm³/mol. The summed E-state index contributed by atoms with van der Waals surface area (Å²) in [7, 11) is -7.38. The Kier molecular flexibility index (Phi) is 7.10. The molecule has 1 unspecified atom stereocenters. The molecule has 0 saturated heterocycles. The third-order valence-electron chi connectivity index (χ3n) is 6.47. The fraction of sp³-hybridized carbons (Fsp3) is 0.296. The van der Waals surface area contributed by atoms with Crippen LogP contribution >= 0.6 is 0 Å². The predicted octanol–water partition coefficient (Wildman–Crippen LogP) is 3.45. The highest BCUT2D eigenvalue weighted by atomic mass is 32.2. The van der Waals surface area contributed by atoms with E-state index in [1.54, 1.807) is 26.0 Å². The van der Waals surface area contributed by atoms with E-state index in [-0.39, 0.29) is 29.3 Å². The van der Waals surface area contributed by atoms with Crippen LogP contribution in [0.1, 0.15) is 33.4 Å². The molecule has 36 heavy (non-hydrogen) atoms. The first kappa shape index (κ1) is 26.1. The summed E-state index contributed by atoms with van der Waals surface area (Å²) in [6, 6.07) is 16.6. The lowest BCUT2D eigenvalue weighted by atomic mass is 9.95. The number of carbonyl (C=O) groups is 1. The van der Waals surface area contributed by atoms with Gasteiger partial charge in [-0.3, -0.25) is 4.79 Å². The Morgan fingerprint density at radius 2 is 1.56 bits per heavy atom. The Morgan fingerprint density at radius 3 is 2.19 bits per heavy atom. The van der Waals surface area contributed by atoms with Gasteiger partial charge in [0.15, 0.2) is 9.84 Å². The van der Waals surface area contributed by atoms with Gasteiger partial charge in [0.05, 0.1) is 9.79 Å². The van der Waals surface area contributed by atoms with Gasteiger partial charge in [-0.15, -0.1) is 0 Å². The highest BCUT2D eigenvalue weighted by Gasteiger charge is 2.40. The second kappa shape index (κ2) is 9.80. The monoisotopic (exact) mass is 526 g/mol. The third kappa shape index (κ3) is 5.23. The largest absolute Gasteiger partial charge is 0.351 e. The standard InChI is InChI=1S/C27H30N2O5S2/c1-18-12-19(2)26(20(3)13-18)36(33,34)29-17-23-10-6-5-9-22(23)15-25(29)27(30)28-16-21-8-7-11-24(14-21)35(4,31)32/h5-14,25H,15-17H2,1-4H3,(H,28,30). The quantitative estimate of drug-likeness (QED) is 0.530. The molecule has 0 aromatic heterocycles. The highest BCUT2D eigenvalue weighted by Crippen LogP contribution is 2.32. The number of nitrogens with zero attached hydrogens (tertiary/aromatic N) is 1. The molecule has 0 spiro atoms. The maximum absolute atomic E-state index is 14.0. The van der Waals surface area contributed by atoms with Gasteiger partial charge in [0.25, 0.3) is 0 Å². The van der Waals surface area contributed by atoms with Crippen LogP contribution < -0.4 is 5.32 Å². The second-order valence-corrected chi connectivity index (χ2v) is 13.2. The number of fused-ring (bicyclic) bond motifs is 1. The number of sulfonamides is 1. The minimum atomic E-state index is -3.99. The molecule has 0 saturated carbocycles. The first-order valence-corrected chi connectivity index (χ1v) is 14.9. The molecular weight excluding hydrogens is 496 g/mol. The van der Waals surface area contributed by atoms with E-state index in [1.165, 1.54) is 16.4 Å². The molecule has 1 heterocycles. The van der Waals surface area contributed by atoms with Gasteiger partial charge in [0.1, 0.15) is 6.04 Å². The van der Waals surface area contributed by atoms with E-state index in [2.05, 4.69) is 5.32 Å². The van der Waals surface area contributed by atoms with Crippen molar-refractivity contribution < 1.29 is 21.6 Å². The topological polar surface area (TPSA) is 101 Å². The molecule has 1 amide bonds. The van der Waals surface area contributed by atoms with Crippen LogP contribution in [0.5, 0.6) is 0 Å². The molecule has 1 N–H and O–H groups in total. The molecule has 9 heteroatoms.